The number of hydrogen-bond donors (Lipinski definition) is 0. The monoisotopic (exact) mass is 243 g/mol. The third-order valence-electron chi connectivity index (χ3n) is 1.35. The van der Waals surface area contributed by atoms with Crippen LogP contribution in [0.25, 0.3) is 0 Å². The minimum Gasteiger partial charge on any atom is -0.748 e. The van der Waals surface area contributed by atoms with Crippen molar-refractivity contribution in [2.75, 3.05) is 0 Å². The fraction of sp³-hybridized carbons (Fsp3) is 0. The molecule has 0 fully saturated rings. The minimum atomic E-state index is 0. The van der Waals surface area contributed by atoms with Crippen molar-refractivity contribution in [1.82, 2.24) is 0 Å². The van der Waals surface area contributed by atoms with Crippen LogP contribution < -0.4 is 0 Å². The quantitative estimate of drug-likeness (QED) is 0.332. The van der Waals surface area contributed by atoms with Crippen LogP contribution in [-0.2, 0) is 17.1 Å². The summed E-state index contributed by atoms with van der Waals surface area (Å²) in [7, 11) is 0. The van der Waals surface area contributed by atoms with Crippen molar-refractivity contribution in [2.45, 2.75) is 4.90 Å². The normalized spacial score (nSPS) is 7.64. The number of nitriles is 1. The van der Waals surface area contributed by atoms with E-state index in [1.165, 1.54) is 11.8 Å². The van der Waals surface area contributed by atoms with Gasteiger partial charge in [0, 0.05) is 17.1 Å². The van der Waals surface area contributed by atoms with Gasteiger partial charge in [0.1, 0.15) is 5.40 Å². The summed E-state index contributed by atoms with van der Waals surface area (Å²) < 4.78 is 0. The van der Waals surface area contributed by atoms with Crippen molar-refractivity contribution in [2.24, 2.45) is 0 Å². The Balaban J connectivity index is 0.000000246. The molecule has 0 aromatic heterocycles. The van der Waals surface area contributed by atoms with E-state index in [0.29, 0.717) is 0 Å². The summed E-state index contributed by atoms with van der Waals surface area (Å²) in [4.78, 5) is 1.02. The molecule has 0 unspecified atom stereocenters. The second-order valence-corrected chi connectivity index (χ2v) is 3.13. The number of thiocyanates is 1. The number of hydrogen-bond acceptors (Lipinski definition) is 2. The van der Waals surface area contributed by atoms with Gasteiger partial charge in [0.15, 0.2) is 0 Å². The summed E-state index contributed by atoms with van der Waals surface area (Å²) in [5.41, 5.74) is 0. The second-order valence-electron chi connectivity index (χ2n) is 2.28. The van der Waals surface area contributed by atoms with Crippen molar-refractivity contribution >= 4 is 11.8 Å². The Bertz CT molecular complexity index is 315. The Morgan fingerprint density at radius 3 is 1.79 bits per heavy atom. The molecule has 0 spiro atoms. The largest absolute Gasteiger partial charge is 0.748 e. The molecule has 14 heavy (non-hydrogen) atoms. The van der Waals surface area contributed by atoms with E-state index >= 15 is 0 Å². The minimum absolute atomic E-state index is 0. The van der Waals surface area contributed by atoms with Crippen LogP contribution in [-0.4, -0.2) is 0 Å². The molecule has 3 heteroatoms. The van der Waals surface area contributed by atoms with E-state index in [0.717, 1.165) is 4.90 Å². The first-order valence-corrected chi connectivity index (χ1v) is 4.69. The Labute approximate surface area is 98.9 Å². The first-order chi connectivity index (χ1) is 6.43. The number of thioether (sulfide) groups is 1. The fourth-order valence-corrected chi connectivity index (χ4v) is 1.20. The zero-order chi connectivity index (χ0) is 9.36. The van der Waals surface area contributed by atoms with Crippen LogP contribution in [0, 0.1) is 10.7 Å². The van der Waals surface area contributed by atoms with E-state index in [-0.39, 0.29) is 17.1 Å². The molecule has 0 aliphatic carbocycles. The van der Waals surface area contributed by atoms with Gasteiger partial charge in [-0.3, -0.25) is 0 Å². The first-order valence-electron chi connectivity index (χ1n) is 3.88. The van der Waals surface area contributed by atoms with Crippen molar-refractivity contribution in [1.29, 1.82) is 5.26 Å². The third-order valence-corrected chi connectivity index (χ3v) is 1.95. The summed E-state index contributed by atoms with van der Waals surface area (Å²) >= 11 is 1.19. The maximum Gasteiger partial charge on any atom is 0.125 e. The van der Waals surface area contributed by atoms with Gasteiger partial charge in [-0.2, -0.15) is 17.4 Å². The van der Waals surface area contributed by atoms with Crippen LogP contribution >= 0.6 is 11.8 Å². The molecule has 0 saturated carbocycles. The molecule has 2 aromatic carbocycles. The Hall–Kier alpha value is -0.941. The topological polar surface area (TPSA) is 23.8 Å². The molecule has 0 N–H and O–H groups in total. The van der Waals surface area contributed by atoms with E-state index < -0.39 is 0 Å². The maximum atomic E-state index is 8.15. The summed E-state index contributed by atoms with van der Waals surface area (Å²) in [5.74, 6) is 0. The number of rotatable bonds is 1. The van der Waals surface area contributed by atoms with Crippen LogP contribution in [0.5, 0.6) is 0 Å². The number of nitrogens with zero attached hydrogens (tertiary/aromatic N) is 1. The molecule has 0 amide bonds. The van der Waals surface area contributed by atoms with Gasteiger partial charge in [-0.15, -0.1) is 0 Å². The molecule has 0 atom stereocenters. The Morgan fingerprint density at radius 1 is 1.00 bits per heavy atom. The summed E-state index contributed by atoms with van der Waals surface area (Å²) in [6, 6.07) is 17.7. The molecular weight excluding hydrogens is 234 g/mol. The first kappa shape index (κ1) is 13.1. The molecule has 2 rings (SSSR count). The van der Waals surface area contributed by atoms with E-state index in [4.69, 9.17) is 5.26 Å². The maximum absolute atomic E-state index is 8.15. The molecule has 0 bridgehead atoms. The van der Waals surface area contributed by atoms with Gasteiger partial charge < -0.3 is 30.3 Å². The molecule has 0 saturated heterocycles. The average Bonchev–Trinajstić information content (AvgIpc) is 2.79. The van der Waals surface area contributed by atoms with E-state index in [1.54, 1.807) is 0 Å². The van der Waals surface area contributed by atoms with Crippen molar-refractivity contribution in [3.8, 4) is 5.40 Å². The predicted molar refractivity (Wildman–Crippen MR) is 55.5 cm³/mol. The molecule has 0 radical (unpaired) electrons. The third kappa shape index (κ3) is 5.66. The van der Waals surface area contributed by atoms with Crippen molar-refractivity contribution in [3.63, 3.8) is 0 Å². The van der Waals surface area contributed by atoms with Gasteiger partial charge in [-0.25, -0.2) is 12.1 Å². The Morgan fingerprint density at radius 2 is 1.43 bits per heavy atom. The Kier molecular flexibility index (Phi) is 8.07. The van der Waals surface area contributed by atoms with E-state index in [2.05, 4.69) is 0 Å². The van der Waals surface area contributed by atoms with Gasteiger partial charge in [-0.05, 0) is 0 Å². The SMILES string of the molecule is N#CS[c-]1cccc1.[Fe].[cH-]1[cH-][cH-][cH-][cH-]1. The zero-order valence-electron chi connectivity index (χ0n) is 7.41. The predicted octanol–water partition coefficient (Wildman–Crippen LogP) is 3.38. The average molecular weight is 243 g/mol. The van der Waals surface area contributed by atoms with Gasteiger partial charge >= 0.3 is 0 Å². The van der Waals surface area contributed by atoms with Crippen LogP contribution in [0.15, 0.2) is 59.5 Å². The zero-order valence-corrected chi connectivity index (χ0v) is 9.33. The summed E-state index contributed by atoms with van der Waals surface area (Å²) in [6.07, 6.45) is 0. The molecule has 1 nitrogen and oxygen atoms in total. The van der Waals surface area contributed by atoms with Crippen molar-refractivity contribution in [3.05, 3.63) is 54.6 Å². The van der Waals surface area contributed by atoms with Gasteiger partial charge in [0.2, 0.25) is 0 Å². The van der Waals surface area contributed by atoms with Crippen LogP contribution in [0.3, 0.4) is 0 Å². The molecular formula is C11H9FeNS-6. The second kappa shape index (κ2) is 8.65. The smallest absolute Gasteiger partial charge is 0.125 e. The summed E-state index contributed by atoms with van der Waals surface area (Å²) in [6.45, 7) is 0. The molecule has 0 aliphatic rings. The molecule has 2 aromatic rings. The van der Waals surface area contributed by atoms with Crippen LogP contribution in [0.2, 0.25) is 0 Å². The van der Waals surface area contributed by atoms with E-state index in [1.807, 2.05) is 60.0 Å². The van der Waals surface area contributed by atoms with Gasteiger partial charge in [0.25, 0.3) is 0 Å². The standard InChI is InChI=1S/C6H4NS.C5H5.Fe/c7-5-8-6-3-1-2-4-6;1-2-4-5-3-1;/h1-4H;1-5H;/q-1;-5;. The van der Waals surface area contributed by atoms with Crippen molar-refractivity contribution < 1.29 is 17.1 Å². The van der Waals surface area contributed by atoms with Crippen LogP contribution in [0.1, 0.15) is 0 Å². The van der Waals surface area contributed by atoms with Crippen LogP contribution in [0.4, 0.5) is 0 Å². The molecule has 0 aliphatic heterocycles. The van der Waals surface area contributed by atoms with Gasteiger partial charge in [0.05, 0.1) is 0 Å². The molecule has 78 valence electrons. The van der Waals surface area contributed by atoms with Gasteiger partial charge in [-0.1, -0.05) is 16.7 Å². The molecule has 0 heterocycles. The fourth-order valence-electron chi connectivity index (χ4n) is 0.798. The van der Waals surface area contributed by atoms with E-state index in [9.17, 15) is 0 Å². The summed E-state index contributed by atoms with van der Waals surface area (Å²) in [5, 5.41) is 10.1.